The minimum atomic E-state index is -4.50. The number of rotatable bonds is 5. The molecular formula is C23H29F3N2O3S. The number of amides is 1. The van der Waals surface area contributed by atoms with Crippen molar-refractivity contribution >= 4 is 15.9 Å². The molecule has 1 aliphatic heterocycles. The molecule has 2 bridgehead atoms. The first kappa shape index (κ1) is 22.2. The van der Waals surface area contributed by atoms with Crippen molar-refractivity contribution in [3.63, 3.8) is 0 Å². The molecule has 0 aromatic heterocycles. The van der Waals surface area contributed by atoms with Crippen LogP contribution in [0.4, 0.5) is 13.2 Å². The van der Waals surface area contributed by atoms with Gasteiger partial charge in [0.25, 0.3) is 0 Å². The van der Waals surface area contributed by atoms with Crippen molar-refractivity contribution in [2.75, 3.05) is 19.6 Å². The van der Waals surface area contributed by atoms with Crippen molar-refractivity contribution in [3.8, 4) is 0 Å². The number of carbonyl (C=O) groups is 1. The molecule has 1 amide bonds. The molecule has 0 radical (unpaired) electrons. The molecule has 4 aliphatic rings. The summed E-state index contributed by atoms with van der Waals surface area (Å²) in [7, 11) is -3.85. The van der Waals surface area contributed by atoms with Gasteiger partial charge in [0.15, 0.2) is 0 Å². The van der Waals surface area contributed by atoms with E-state index in [0.29, 0.717) is 37.3 Å². The maximum atomic E-state index is 13.1. The van der Waals surface area contributed by atoms with E-state index in [9.17, 15) is 26.4 Å². The van der Waals surface area contributed by atoms with Crippen LogP contribution in [0.3, 0.4) is 0 Å². The summed E-state index contributed by atoms with van der Waals surface area (Å²) in [6.07, 6.45) is 3.07. The molecule has 5 rings (SSSR count). The third-order valence-electron chi connectivity index (χ3n) is 8.40. The Labute approximate surface area is 186 Å². The van der Waals surface area contributed by atoms with Crippen LogP contribution in [-0.2, 0) is 21.0 Å². The van der Waals surface area contributed by atoms with Crippen molar-refractivity contribution in [1.29, 1.82) is 0 Å². The molecule has 3 aliphatic carbocycles. The number of nitrogens with one attached hydrogen (secondary N) is 1. The smallest absolute Gasteiger partial charge is 0.355 e. The number of halogens is 3. The second kappa shape index (κ2) is 7.72. The molecule has 4 fully saturated rings. The van der Waals surface area contributed by atoms with E-state index in [-0.39, 0.29) is 28.7 Å². The lowest BCUT2D eigenvalue weighted by Gasteiger charge is -2.51. The quantitative estimate of drug-likeness (QED) is 0.706. The monoisotopic (exact) mass is 470 g/mol. The number of hydrogen-bond acceptors (Lipinski definition) is 3. The molecule has 3 saturated carbocycles. The normalized spacial score (nSPS) is 34.7. The van der Waals surface area contributed by atoms with E-state index in [1.807, 2.05) is 0 Å². The molecule has 5 nitrogen and oxygen atoms in total. The first-order chi connectivity index (χ1) is 15.1. The summed E-state index contributed by atoms with van der Waals surface area (Å²) in [5, 5.41) is 3.13. The minimum Gasteiger partial charge on any atom is -0.355 e. The van der Waals surface area contributed by atoms with Gasteiger partial charge in [0.1, 0.15) is 0 Å². The van der Waals surface area contributed by atoms with E-state index in [4.69, 9.17) is 0 Å². The highest BCUT2D eigenvalue weighted by atomic mass is 32.2. The SMILES string of the molecule is O=C(NCC1CCN(S(=O)(=O)c2ccc(C(F)(F)F)cc2)C1)[C@]12CC3CCC[C@H](CC31)C2. The summed E-state index contributed by atoms with van der Waals surface area (Å²) >= 11 is 0. The van der Waals surface area contributed by atoms with E-state index in [2.05, 4.69) is 5.32 Å². The van der Waals surface area contributed by atoms with Crippen LogP contribution in [0.15, 0.2) is 29.2 Å². The van der Waals surface area contributed by atoms with Crippen LogP contribution >= 0.6 is 0 Å². The summed E-state index contributed by atoms with van der Waals surface area (Å²) in [4.78, 5) is 13.0. The Kier molecular flexibility index (Phi) is 5.36. The predicted octanol–water partition coefficient (Wildman–Crippen LogP) is 4.05. The van der Waals surface area contributed by atoms with Gasteiger partial charge in [-0.3, -0.25) is 4.79 Å². The van der Waals surface area contributed by atoms with E-state index in [0.717, 1.165) is 37.1 Å². The third-order valence-corrected chi connectivity index (χ3v) is 10.3. The fourth-order valence-corrected chi connectivity index (χ4v) is 8.30. The molecule has 1 aromatic carbocycles. The summed E-state index contributed by atoms with van der Waals surface area (Å²) in [5.74, 6) is 2.06. The maximum absolute atomic E-state index is 13.1. The van der Waals surface area contributed by atoms with Crippen LogP contribution in [0.2, 0.25) is 0 Å². The van der Waals surface area contributed by atoms with Gasteiger partial charge in [-0.2, -0.15) is 17.5 Å². The summed E-state index contributed by atoms with van der Waals surface area (Å²) in [6.45, 7) is 1.02. The molecule has 176 valence electrons. The Morgan fingerprint density at radius 1 is 1.12 bits per heavy atom. The van der Waals surface area contributed by atoms with Gasteiger partial charge < -0.3 is 5.32 Å². The Bertz CT molecular complexity index is 993. The lowest BCUT2D eigenvalue weighted by atomic mass is 9.53. The van der Waals surface area contributed by atoms with E-state index < -0.39 is 21.8 Å². The van der Waals surface area contributed by atoms with Gasteiger partial charge in [0.05, 0.1) is 15.9 Å². The second-order valence-electron chi connectivity index (χ2n) is 10.2. The van der Waals surface area contributed by atoms with Gasteiger partial charge in [-0.25, -0.2) is 8.42 Å². The second-order valence-corrected chi connectivity index (χ2v) is 12.2. The van der Waals surface area contributed by atoms with E-state index >= 15 is 0 Å². The molecule has 1 aromatic rings. The standard InChI is InChI=1S/C23H29F3N2O3S/c24-23(25,26)18-4-6-19(7-5-18)32(30,31)28-9-8-16(14-28)13-27-21(29)22-11-15-2-1-3-17(12-22)20(22)10-15/h4-7,15-17,20H,1-3,8-14H2,(H,27,29)/t15-,16?,17?,20?,22-/m1/s1. The van der Waals surface area contributed by atoms with Gasteiger partial charge in [0.2, 0.25) is 15.9 Å². The minimum absolute atomic E-state index is 0.0130. The zero-order valence-electron chi connectivity index (χ0n) is 17.9. The van der Waals surface area contributed by atoms with Crippen LogP contribution in [0, 0.1) is 29.1 Å². The molecule has 9 heteroatoms. The molecule has 1 saturated heterocycles. The van der Waals surface area contributed by atoms with Crippen molar-refractivity contribution < 1.29 is 26.4 Å². The van der Waals surface area contributed by atoms with Crippen LogP contribution in [0.1, 0.15) is 50.5 Å². The molecule has 1 N–H and O–H groups in total. The highest BCUT2D eigenvalue weighted by Gasteiger charge is 2.63. The zero-order chi connectivity index (χ0) is 22.7. The van der Waals surface area contributed by atoms with Crippen LogP contribution in [0.5, 0.6) is 0 Å². The summed E-state index contributed by atoms with van der Waals surface area (Å²) in [6, 6.07) is 3.62. The van der Waals surface area contributed by atoms with Crippen molar-refractivity contribution in [1.82, 2.24) is 9.62 Å². The lowest BCUT2D eigenvalue weighted by molar-refractivity contribution is -0.146. The number of fused-ring (bicyclic) bond motifs is 1. The lowest BCUT2D eigenvalue weighted by Crippen LogP contribution is -2.55. The first-order valence-corrected chi connectivity index (χ1v) is 13.0. The molecule has 32 heavy (non-hydrogen) atoms. The topological polar surface area (TPSA) is 66.5 Å². The molecule has 0 spiro atoms. The van der Waals surface area contributed by atoms with Crippen molar-refractivity contribution in [2.24, 2.45) is 29.1 Å². The molecule has 3 unspecified atom stereocenters. The average molecular weight is 471 g/mol. The van der Waals surface area contributed by atoms with Gasteiger partial charge in [0, 0.05) is 19.6 Å². The Balaban J connectivity index is 1.18. The van der Waals surface area contributed by atoms with E-state index in [1.165, 1.54) is 30.0 Å². The first-order valence-electron chi connectivity index (χ1n) is 11.6. The van der Waals surface area contributed by atoms with Crippen molar-refractivity contribution in [2.45, 2.75) is 56.0 Å². The van der Waals surface area contributed by atoms with Crippen molar-refractivity contribution in [3.05, 3.63) is 29.8 Å². The largest absolute Gasteiger partial charge is 0.416 e. The summed E-state index contributed by atoms with van der Waals surface area (Å²) in [5.41, 5.74) is -1.07. The third kappa shape index (κ3) is 3.65. The maximum Gasteiger partial charge on any atom is 0.416 e. The Morgan fingerprint density at radius 3 is 2.59 bits per heavy atom. The number of hydrogen-bond donors (Lipinski definition) is 1. The highest BCUT2D eigenvalue weighted by Crippen LogP contribution is 2.66. The van der Waals surface area contributed by atoms with Crippen LogP contribution in [-0.4, -0.2) is 38.3 Å². The number of benzene rings is 1. The fourth-order valence-electron chi connectivity index (χ4n) is 6.77. The van der Waals surface area contributed by atoms with Gasteiger partial charge in [-0.05, 0) is 73.6 Å². The zero-order valence-corrected chi connectivity index (χ0v) is 18.7. The predicted molar refractivity (Wildman–Crippen MR) is 112 cm³/mol. The average Bonchev–Trinajstić information content (AvgIpc) is 3.26. The van der Waals surface area contributed by atoms with Crippen LogP contribution < -0.4 is 5.32 Å². The highest BCUT2D eigenvalue weighted by molar-refractivity contribution is 7.89. The molecular weight excluding hydrogens is 441 g/mol. The van der Waals surface area contributed by atoms with Crippen LogP contribution in [0.25, 0.3) is 0 Å². The Morgan fingerprint density at radius 2 is 1.88 bits per heavy atom. The Hall–Kier alpha value is -1.61. The van der Waals surface area contributed by atoms with Gasteiger partial charge >= 0.3 is 6.18 Å². The summed E-state index contributed by atoms with van der Waals surface area (Å²) < 4.78 is 65.3. The number of alkyl halides is 3. The number of carbonyl (C=O) groups excluding carboxylic acids is 1. The van der Waals surface area contributed by atoms with E-state index in [1.54, 1.807) is 0 Å². The number of sulfonamides is 1. The van der Waals surface area contributed by atoms with Gasteiger partial charge in [-0.1, -0.05) is 19.3 Å². The molecule has 1 heterocycles. The molecule has 5 atom stereocenters. The van der Waals surface area contributed by atoms with Gasteiger partial charge in [-0.15, -0.1) is 0 Å². The number of nitrogens with zero attached hydrogens (tertiary/aromatic N) is 1. The fraction of sp³-hybridized carbons (Fsp3) is 0.696.